The van der Waals surface area contributed by atoms with Crippen LogP contribution in [0.5, 0.6) is 0 Å². The molecule has 0 aromatic heterocycles. The maximum absolute atomic E-state index is 10.4. The van der Waals surface area contributed by atoms with Crippen molar-refractivity contribution in [3.8, 4) is 0 Å². The van der Waals surface area contributed by atoms with Crippen molar-refractivity contribution in [2.24, 2.45) is 0 Å². The molecule has 0 unspecified atom stereocenters. The third kappa shape index (κ3) is 5.43. The van der Waals surface area contributed by atoms with Crippen molar-refractivity contribution in [1.29, 1.82) is 0 Å². The van der Waals surface area contributed by atoms with Gasteiger partial charge in [0.15, 0.2) is 0 Å². The summed E-state index contributed by atoms with van der Waals surface area (Å²) in [6.45, 7) is 1.91. The molecule has 0 aromatic rings. The van der Waals surface area contributed by atoms with Crippen LogP contribution in [0, 0.1) is 0 Å². The fourth-order valence-electron chi connectivity index (χ4n) is 0.271. The van der Waals surface area contributed by atoms with Gasteiger partial charge in [-0.25, -0.2) is 0 Å². The molecule has 0 heterocycles. The molecule has 0 rings (SSSR count). The largest absolute Gasteiger partial charge is 0.468 e. The van der Waals surface area contributed by atoms with Gasteiger partial charge in [0.2, 0.25) is 0 Å². The summed E-state index contributed by atoms with van der Waals surface area (Å²) < 4.78 is 4.40. The third-order valence-electron chi connectivity index (χ3n) is 0.661. The summed E-state index contributed by atoms with van der Waals surface area (Å²) in [6, 6.07) is 0. The predicted molar refractivity (Wildman–Crippen MR) is 39.3 cm³/mol. The Labute approximate surface area is 59.3 Å². The zero-order valence-corrected chi connectivity index (χ0v) is 6.40. The smallest absolute Gasteiger partial charge is 0.315 e. The van der Waals surface area contributed by atoms with Gasteiger partial charge in [-0.15, -0.1) is 11.8 Å². The minimum absolute atomic E-state index is 0.182. The summed E-state index contributed by atoms with van der Waals surface area (Å²) in [4.78, 5) is 10.4. The molecule has 0 aliphatic carbocycles. The second kappa shape index (κ2) is 5.69. The molecule has 0 aliphatic rings. The standard InChI is InChI=1S/C6H10O2S/c1-3-4-9-5-6(7)8-2/h3-4H,5H2,1-2H3/b4-3+. The number of hydrogen-bond acceptors (Lipinski definition) is 3. The van der Waals surface area contributed by atoms with Crippen LogP contribution in [0.2, 0.25) is 0 Å². The van der Waals surface area contributed by atoms with E-state index < -0.39 is 0 Å². The number of rotatable bonds is 3. The Morgan fingerprint density at radius 1 is 1.78 bits per heavy atom. The lowest BCUT2D eigenvalue weighted by molar-refractivity contribution is -0.137. The quantitative estimate of drug-likeness (QED) is 0.563. The van der Waals surface area contributed by atoms with Crippen LogP contribution in [0.1, 0.15) is 6.92 Å². The lowest BCUT2D eigenvalue weighted by Crippen LogP contribution is -2.01. The highest BCUT2D eigenvalue weighted by atomic mass is 32.2. The van der Waals surface area contributed by atoms with Crippen LogP contribution < -0.4 is 0 Å². The van der Waals surface area contributed by atoms with Gasteiger partial charge in [0.25, 0.3) is 0 Å². The minimum atomic E-state index is -0.182. The van der Waals surface area contributed by atoms with Gasteiger partial charge in [-0.1, -0.05) is 6.08 Å². The van der Waals surface area contributed by atoms with Gasteiger partial charge in [0.1, 0.15) is 0 Å². The first kappa shape index (κ1) is 8.56. The molecule has 0 N–H and O–H groups in total. The molecule has 0 amide bonds. The van der Waals surface area contributed by atoms with Crippen molar-refractivity contribution in [2.75, 3.05) is 12.9 Å². The number of methoxy groups -OCH3 is 1. The lowest BCUT2D eigenvalue weighted by Gasteiger charge is -1.92. The second-order valence-electron chi connectivity index (χ2n) is 1.36. The molecule has 0 bridgehead atoms. The van der Waals surface area contributed by atoms with Crippen LogP contribution in [0.3, 0.4) is 0 Å². The first-order valence-electron chi connectivity index (χ1n) is 2.61. The Balaban J connectivity index is 3.17. The molecular formula is C6H10O2S. The molecule has 3 heteroatoms. The van der Waals surface area contributed by atoms with Gasteiger partial charge < -0.3 is 4.74 Å². The van der Waals surface area contributed by atoms with E-state index >= 15 is 0 Å². The normalized spacial score (nSPS) is 10.0. The molecule has 0 aromatic carbocycles. The second-order valence-corrected chi connectivity index (χ2v) is 2.25. The maximum Gasteiger partial charge on any atom is 0.315 e. The van der Waals surface area contributed by atoms with E-state index in [1.54, 1.807) is 0 Å². The Morgan fingerprint density at radius 2 is 2.44 bits per heavy atom. The molecule has 0 atom stereocenters. The Bertz CT molecular complexity index is 110. The van der Waals surface area contributed by atoms with Crippen LogP contribution in [-0.2, 0) is 9.53 Å². The van der Waals surface area contributed by atoms with E-state index in [0.717, 1.165) is 0 Å². The summed E-state index contributed by atoms with van der Waals surface area (Å²) >= 11 is 1.43. The van der Waals surface area contributed by atoms with E-state index in [-0.39, 0.29) is 5.97 Å². The van der Waals surface area contributed by atoms with E-state index in [1.807, 2.05) is 18.4 Å². The number of ether oxygens (including phenoxy) is 1. The zero-order valence-electron chi connectivity index (χ0n) is 5.59. The van der Waals surface area contributed by atoms with Crippen molar-refractivity contribution >= 4 is 17.7 Å². The highest BCUT2D eigenvalue weighted by molar-refractivity contribution is 8.02. The summed E-state index contributed by atoms with van der Waals surface area (Å²) in [7, 11) is 1.39. The molecule has 0 spiro atoms. The number of thioether (sulfide) groups is 1. The van der Waals surface area contributed by atoms with Crippen LogP contribution in [0.25, 0.3) is 0 Å². The average molecular weight is 146 g/mol. The van der Waals surface area contributed by atoms with Crippen LogP contribution >= 0.6 is 11.8 Å². The molecule has 0 saturated heterocycles. The van der Waals surface area contributed by atoms with E-state index in [2.05, 4.69) is 4.74 Å². The molecule has 0 fully saturated rings. The summed E-state index contributed by atoms with van der Waals surface area (Å²) in [5.74, 6) is 0.221. The van der Waals surface area contributed by atoms with E-state index in [9.17, 15) is 4.79 Å². The van der Waals surface area contributed by atoms with Crippen molar-refractivity contribution in [2.45, 2.75) is 6.92 Å². The molecule has 9 heavy (non-hydrogen) atoms. The van der Waals surface area contributed by atoms with Gasteiger partial charge in [0, 0.05) is 0 Å². The zero-order chi connectivity index (χ0) is 7.11. The minimum Gasteiger partial charge on any atom is -0.468 e. The Hall–Kier alpha value is -0.440. The molecule has 2 nitrogen and oxygen atoms in total. The van der Waals surface area contributed by atoms with Crippen LogP contribution in [0.4, 0.5) is 0 Å². The van der Waals surface area contributed by atoms with E-state index in [4.69, 9.17) is 0 Å². The summed E-state index contributed by atoms with van der Waals surface area (Å²) in [5, 5.41) is 1.86. The fourth-order valence-corrected chi connectivity index (χ4v) is 0.814. The fraction of sp³-hybridized carbons (Fsp3) is 0.500. The van der Waals surface area contributed by atoms with Gasteiger partial charge in [-0.05, 0) is 12.3 Å². The average Bonchev–Trinajstić information content (AvgIpc) is 1.89. The highest BCUT2D eigenvalue weighted by Gasteiger charge is 1.94. The Morgan fingerprint density at radius 3 is 2.89 bits per heavy atom. The SMILES string of the molecule is C/C=C/SCC(=O)OC. The summed E-state index contributed by atoms with van der Waals surface area (Å²) in [6.07, 6.45) is 1.88. The third-order valence-corrected chi connectivity index (χ3v) is 1.53. The predicted octanol–water partition coefficient (Wildman–Crippen LogP) is 1.43. The molecule has 52 valence electrons. The lowest BCUT2D eigenvalue weighted by atomic mass is 10.8. The first-order chi connectivity index (χ1) is 4.31. The highest BCUT2D eigenvalue weighted by Crippen LogP contribution is 2.00. The van der Waals surface area contributed by atoms with Gasteiger partial charge >= 0.3 is 5.97 Å². The van der Waals surface area contributed by atoms with Gasteiger partial charge in [0.05, 0.1) is 12.9 Å². The topological polar surface area (TPSA) is 26.3 Å². The van der Waals surface area contributed by atoms with E-state index in [1.165, 1.54) is 18.9 Å². The number of carbonyl (C=O) groups excluding carboxylic acids is 1. The number of allylic oxidation sites excluding steroid dienone is 1. The maximum atomic E-state index is 10.4. The summed E-state index contributed by atoms with van der Waals surface area (Å²) in [5.41, 5.74) is 0. The van der Waals surface area contributed by atoms with Crippen LogP contribution in [0.15, 0.2) is 11.5 Å². The van der Waals surface area contributed by atoms with Crippen molar-refractivity contribution in [3.05, 3.63) is 11.5 Å². The van der Waals surface area contributed by atoms with E-state index in [0.29, 0.717) is 5.75 Å². The number of esters is 1. The molecule has 0 aliphatic heterocycles. The van der Waals surface area contributed by atoms with Crippen molar-refractivity contribution in [3.63, 3.8) is 0 Å². The van der Waals surface area contributed by atoms with Crippen LogP contribution in [-0.4, -0.2) is 18.8 Å². The van der Waals surface area contributed by atoms with Gasteiger partial charge in [-0.2, -0.15) is 0 Å². The number of hydrogen-bond donors (Lipinski definition) is 0. The number of carbonyl (C=O) groups is 1. The van der Waals surface area contributed by atoms with Gasteiger partial charge in [-0.3, -0.25) is 4.79 Å². The molecular weight excluding hydrogens is 136 g/mol. The monoisotopic (exact) mass is 146 g/mol. The Kier molecular flexibility index (Phi) is 5.41. The van der Waals surface area contributed by atoms with Crippen molar-refractivity contribution in [1.82, 2.24) is 0 Å². The molecule has 0 saturated carbocycles. The first-order valence-corrected chi connectivity index (χ1v) is 3.65. The molecule has 0 radical (unpaired) electrons. The van der Waals surface area contributed by atoms with Crippen molar-refractivity contribution < 1.29 is 9.53 Å².